The van der Waals surface area contributed by atoms with Gasteiger partial charge >= 0.3 is 0 Å². The van der Waals surface area contributed by atoms with Crippen molar-refractivity contribution in [3.63, 3.8) is 0 Å². The van der Waals surface area contributed by atoms with Gasteiger partial charge in [-0.3, -0.25) is 4.68 Å². The maximum Gasteiger partial charge on any atom is 0.118 e. The molecule has 0 fully saturated rings. The van der Waals surface area contributed by atoms with E-state index < -0.39 is 0 Å². The van der Waals surface area contributed by atoms with Crippen LogP contribution in [0.25, 0.3) is 0 Å². The molecule has 2 aromatic rings. The summed E-state index contributed by atoms with van der Waals surface area (Å²) >= 11 is 0. The Labute approximate surface area is 114 Å². The highest BCUT2D eigenvalue weighted by Crippen LogP contribution is 2.25. The molecule has 1 aromatic heterocycles. The molecule has 1 aromatic carbocycles. The quantitative estimate of drug-likeness (QED) is 0.916. The fraction of sp³-hybridized carbons (Fsp3) is 0.400. The molecule has 0 aliphatic rings. The predicted molar refractivity (Wildman–Crippen MR) is 77.7 cm³/mol. The maximum atomic E-state index is 5.18. The molecule has 0 bridgehead atoms. The van der Waals surface area contributed by atoms with E-state index in [0.717, 1.165) is 22.8 Å². The average Bonchev–Trinajstić information content (AvgIpc) is 2.65. The summed E-state index contributed by atoms with van der Waals surface area (Å²) in [6.45, 7) is 6.24. The number of nitrogens with zero attached hydrogens (tertiary/aromatic N) is 2. The minimum Gasteiger partial charge on any atom is -0.497 e. The number of aryl methyl sites for hydroxylation is 2. The summed E-state index contributed by atoms with van der Waals surface area (Å²) in [6, 6.07) is 8.36. The first-order valence-corrected chi connectivity index (χ1v) is 6.43. The zero-order valence-electron chi connectivity index (χ0n) is 12.2. The van der Waals surface area contributed by atoms with E-state index in [1.54, 1.807) is 7.11 Å². The number of hydrogen-bond donors (Lipinski definition) is 1. The van der Waals surface area contributed by atoms with Crippen molar-refractivity contribution in [2.24, 2.45) is 7.05 Å². The highest BCUT2D eigenvalue weighted by Gasteiger charge is 2.13. The molecule has 4 nitrogen and oxygen atoms in total. The van der Waals surface area contributed by atoms with Gasteiger partial charge in [-0.15, -0.1) is 0 Å². The molecule has 0 saturated carbocycles. The molecule has 0 spiro atoms. The van der Waals surface area contributed by atoms with Crippen LogP contribution in [0.4, 0.5) is 5.69 Å². The molecule has 0 radical (unpaired) electrons. The van der Waals surface area contributed by atoms with Gasteiger partial charge in [0.05, 0.1) is 24.2 Å². The zero-order valence-corrected chi connectivity index (χ0v) is 12.2. The van der Waals surface area contributed by atoms with Crippen molar-refractivity contribution in [3.8, 4) is 5.75 Å². The van der Waals surface area contributed by atoms with Crippen molar-refractivity contribution < 1.29 is 4.74 Å². The summed E-state index contributed by atoms with van der Waals surface area (Å²) in [4.78, 5) is 0. The van der Waals surface area contributed by atoms with Gasteiger partial charge < -0.3 is 10.1 Å². The van der Waals surface area contributed by atoms with Gasteiger partial charge in [-0.2, -0.15) is 5.10 Å². The number of nitrogens with one attached hydrogen (secondary N) is 1. The molecule has 19 heavy (non-hydrogen) atoms. The number of rotatable bonds is 4. The van der Waals surface area contributed by atoms with E-state index in [9.17, 15) is 0 Å². The first-order chi connectivity index (χ1) is 9.02. The third kappa shape index (κ3) is 2.72. The third-order valence-corrected chi connectivity index (χ3v) is 3.49. The van der Waals surface area contributed by atoms with Crippen LogP contribution >= 0.6 is 0 Å². The van der Waals surface area contributed by atoms with Crippen LogP contribution in [0.3, 0.4) is 0 Å². The summed E-state index contributed by atoms with van der Waals surface area (Å²) in [6.07, 6.45) is 0. The Bertz CT molecular complexity index is 558. The van der Waals surface area contributed by atoms with Gasteiger partial charge in [-0.25, -0.2) is 0 Å². The molecular weight excluding hydrogens is 238 g/mol. The van der Waals surface area contributed by atoms with Gasteiger partial charge in [0, 0.05) is 13.1 Å². The fourth-order valence-corrected chi connectivity index (χ4v) is 2.17. The first-order valence-electron chi connectivity index (χ1n) is 6.43. The van der Waals surface area contributed by atoms with Crippen molar-refractivity contribution in [1.82, 2.24) is 9.78 Å². The second-order valence-corrected chi connectivity index (χ2v) is 4.81. The summed E-state index contributed by atoms with van der Waals surface area (Å²) in [5.41, 5.74) is 4.52. The Morgan fingerprint density at radius 1 is 1.21 bits per heavy atom. The van der Waals surface area contributed by atoms with Crippen molar-refractivity contribution in [1.29, 1.82) is 0 Å². The summed E-state index contributed by atoms with van der Waals surface area (Å²) in [5, 5.41) is 7.95. The predicted octanol–water partition coefficient (Wildman–Crippen LogP) is 3.22. The summed E-state index contributed by atoms with van der Waals surface area (Å²) < 4.78 is 7.08. The first kappa shape index (κ1) is 13.5. The van der Waals surface area contributed by atoms with Crippen LogP contribution in [-0.4, -0.2) is 16.9 Å². The van der Waals surface area contributed by atoms with Crippen LogP contribution in [0.1, 0.15) is 29.9 Å². The molecule has 0 saturated heterocycles. The van der Waals surface area contributed by atoms with Gasteiger partial charge in [0.2, 0.25) is 0 Å². The molecule has 0 aliphatic carbocycles. The largest absolute Gasteiger partial charge is 0.497 e. The highest BCUT2D eigenvalue weighted by atomic mass is 16.5. The lowest BCUT2D eigenvalue weighted by molar-refractivity contribution is 0.414. The van der Waals surface area contributed by atoms with Crippen LogP contribution < -0.4 is 10.1 Å². The number of ether oxygens (including phenoxy) is 1. The van der Waals surface area contributed by atoms with E-state index >= 15 is 0 Å². The molecule has 1 N–H and O–H groups in total. The van der Waals surface area contributed by atoms with E-state index in [1.807, 2.05) is 30.8 Å². The van der Waals surface area contributed by atoms with Crippen molar-refractivity contribution in [2.75, 3.05) is 12.4 Å². The lowest BCUT2D eigenvalue weighted by Gasteiger charge is -2.16. The molecule has 1 heterocycles. The van der Waals surface area contributed by atoms with Crippen LogP contribution in [-0.2, 0) is 7.05 Å². The average molecular weight is 259 g/mol. The number of hydrogen-bond acceptors (Lipinski definition) is 3. The Morgan fingerprint density at radius 3 is 2.32 bits per heavy atom. The van der Waals surface area contributed by atoms with Gasteiger partial charge in [0.15, 0.2) is 0 Å². The summed E-state index contributed by atoms with van der Waals surface area (Å²) in [5.74, 6) is 0.879. The normalized spacial score (nSPS) is 12.3. The fourth-order valence-electron chi connectivity index (χ4n) is 2.17. The molecule has 1 unspecified atom stereocenters. The van der Waals surface area contributed by atoms with Crippen LogP contribution in [0.2, 0.25) is 0 Å². The van der Waals surface area contributed by atoms with E-state index in [4.69, 9.17) is 4.74 Å². The van der Waals surface area contributed by atoms with Gasteiger partial charge in [0.25, 0.3) is 0 Å². The molecular formula is C15H21N3O. The molecule has 0 aliphatic heterocycles. The zero-order chi connectivity index (χ0) is 14.0. The minimum absolute atomic E-state index is 0.229. The third-order valence-electron chi connectivity index (χ3n) is 3.49. The lowest BCUT2D eigenvalue weighted by atomic mass is 10.1. The van der Waals surface area contributed by atoms with Crippen molar-refractivity contribution in [2.45, 2.75) is 26.8 Å². The lowest BCUT2D eigenvalue weighted by Crippen LogP contribution is -2.08. The highest BCUT2D eigenvalue weighted by molar-refractivity contribution is 5.53. The molecule has 2 rings (SSSR count). The van der Waals surface area contributed by atoms with E-state index in [-0.39, 0.29) is 6.04 Å². The van der Waals surface area contributed by atoms with Gasteiger partial charge in [-0.1, -0.05) is 12.1 Å². The molecule has 102 valence electrons. The van der Waals surface area contributed by atoms with Gasteiger partial charge in [-0.05, 0) is 38.5 Å². The molecule has 0 amide bonds. The van der Waals surface area contributed by atoms with Crippen LogP contribution in [0.5, 0.6) is 5.75 Å². The van der Waals surface area contributed by atoms with Crippen LogP contribution in [0.15, 0.2) is 24.3 Å². The Hall–Kier alpha value is -1.97. The van der Waals surface area contributed by atoms with E-state index in [1.165, 1.54) is 5.56 Å². The second kappa shape index (κ2) is 5.34. The Kier molecular flexibility index (Phi) is 3.79. The maximum absolute atomic E-state index is 5.18. The standard InChI is InChI=1S/C15H21N3O/c1-10(13-6-8-14(19-5)9-7-13)16-15-11(2)17-18(4)12(15)3/h6-10,16H,1-5H3. The number of benzene rings is 1. The van der Waals surface area contributed by atoms with Gasteiger partial charge in [0.1, 0.15) is 5.75 Å². The molecule has 1 atom stereocenters. The minimum atomic E-state index is 0.229. The number of methoxy groups -OCH3 is 1. The number of aromatic nitrogens is 2. The van der Waals surface area contributed by atoms with E-state index in [0.29, 0.717) is 0 Å². The summed E-state index contributed by atoms with van der Waals surface area (Å²) in [7, 11) is 3.64. The van der Waals surface area contributed by atoms with Crippen molar-refractivity contribution >= 4 is 5.69 Å². The Balaban J connectivity index is 2.17. The second-order valence-electron chi connectivity index (χ2n) is 4.81. The SMILES string of the molecule is COc1ccc(C(C)Nc2c(C)nn(C)c2C)cc1. The topological polar surface area (TPSA) is 39.1 Å². The van der Waals surface area contributed by atoms with Crippen molar-refractivity contribution in [3.05, 3.63) is 41.2 Å². The smallest absolute Gasteiger partial charge is 0.118 e. The molecule has 4 heteroatoms. The number of anilines is 1. The van der Waals surface area contributed by atoms with Crippen LogP contribution in [0, 0.1) is 13.8 Å². The Morgan fingerprint density at radius 2 is 1.84 bits per heavy atom. The monoisotopic (exact) mass is 259 g/mol. The van der Waals surface area contributed by atoms with E-state index in [2.05, 4.69) is 36.4 Å².